The molecule has 0 spiro atoms. The van der Waals surface area contributed by atoms with E-state index in [2.05, 4.69) is 42.1 Å². The summed E-state index contributed by atoms with van der Waals surface area (Å²) in [5, 5.41) is 0. The van der Waals surface area contributed by atoms with Gasteiger partial charge in [0.1, 0.15) is 0 Å². The van der Waals surface area contributed by atoms with Crippen LogP contribution in [0.2, 0.25) is 0 Å². The van der Waals surface area contributed by atoms with Crippen molar-refractivity contribution in [1.82, 2.24) is 14.8 Å². The lowest BCUT2D eigenvalue weighted by atomic mass is 9.98. The highest BCUT2D eigenvalue weighted by Gasteiger charge is 2.22. The Kier molecular flexibility index (Phi) is 6.99. The summed E-state index contributed by atoms with van der Waals surface area (Å²) in [6, 6.07) is 14.8. The molecule has 4 nitrogen and oxygen atoms in total. The zero-order valence-electron chi connectivity index (χ0n) is 16.6. The van der Waals surface area contributed by atoms with E-state index in [4.69, 9.17) is 0 Å². The molecule has 4 heteroatoms. The lowest BCUT2D eigenvalue weighted by Gasteiger charge is -2.33. The van der Waals surface area contributed by atoms with Crippen LogP contribution in [0.3, 0.4) is 0 Å². The highest BCUT2D eigenvalue weighted by molar-refractivity contribution is 5.76. The first kappa shape index (κ1) is 19.6. The first-order chi connectivity index (χ1) is 13.1. The fourth-order valence-electron chi connectivity index (χ4n) is 3.86. The number of pyridine rings is 1. The van der Waals surface area contributed by atoms with Crippen LogP contribution in [-0.4, -0.2) is 40.3 Å². The third-order valence-electron chi connectivity index (χ3n) is 5.64. The van der Waals surface area contributed by atoms with Crippen molar-refractivity contribution in [2.75, 3.05) is 13.6 Å². The van der Waals surface area contributed by atoms with Crippen molar-refractivity contribution < 1.29 is 4.79 Å². The van der Waals surface area contributed by atoms with Gasteiger partial charge >= 0.3 is 0 Å². The summed E-state index contributed by atoms with van der Waals surface area (Å²) in [5.41, 5.74) is 3.28. The van der Waals surface area contributed by atoms with E-state index >= 15 is 0 Å². The van der Waals surface area contributed by atoms with Crippen LogP contribution in [0.25, 0.3) is 0 Å². The van der Waals surface area contributed by atoms with E-state index in [9.17, 15) is 4.79 Å². The molecule has 3 rings (SSSR count). The van der Waals surface area contributed by atoms with Gasteiger partial charge in [-0.2, -0.15) is 0 Å². The molecule has 0 N–H and O–H groups in total. The Morgan fingerprint density at radius 2 is 1.96 bits per heavy atom. The van der Waals surface area contributed by atoms with Crippen molar-refractivity contribution in [2.24, 2.45) is 0 Å². The van der Waals surface area contributed by atoms with Gasteiger partial charge < -0.3 is 9.80 Å². The smallest absolute Gasteiger partial charge is 0.223 e. The van der Waals surface area contributed by atoms with E-state index in [0.717, 1.165) is 29.8 Å². The average Bonchev–Trinajstić information content (AvgIpc) is 2.69. The number of carbonyl (C=O) groups excluding carboxylic acids is 1. The molecular weight excluding hydrogens is 334 g/mol. The fraction of sp³-hybridized carbons (Fsp3) is 0.478. The Morgan fingerprint density at radius 3 is 2.70 bits per heavy atom. The number of hydrogen-bond acceptors (Lipinski definition) is 3. The summed E-state index contributed by atoms with van der Waals surface area (Å²) in [7, 11) is 2.19. The second-order valence-electron chi connectivity index (χ2n) is 7.67. The SMILES string of the molecule is Cc1cccnc1CN(Cc1ccccc1)C(=O)CC[C@@H]1CCCCN1C. The van der Waals surface area contributed by atoms with Crippen molar-refractivity contribution in [3.8, 4) is 0 Å². The summed E-state index contributed by atoms with van der Waals surface area (Å²) < 4.78 is 0. The molecule has 1 aliphatic heterocycles. The molecule has 0 bridgehead atoms. The largest absolute Gasteiger partial charge is 0.332 e. The molecular formula is C23H31N3O. The van der Waals surface area contributed by atoms with E-state index in [-0.39, 0.29) is 5.91 Å². The maximum absolute atomic E-state index is 13.1. The summed E-state index contributed by atoms with van der Waals surface area (Å²) in [5.74, 6) is 0.225. The van der Waals surface area contributed by atoms with E-state index in [0.29, 0.717) is 25.6 Å². The third-order valence-corrected chi connectivity index (χ3v) is 5.64. The molecule has 1 amide bonds. The van der Waals surface area contributed by atoms with Gasteiger partial charge in [-0.3, -0.25) is 9.78 Å². The van der Waals surface area contributed by atoms with Crippen molar-refractivity contribution in [1.29, 1.82) is 0 Å². The molecule has 2 aromatic rings. The molecule has 1 aliphatic rings. The van der Waals surface area contributed by atoms with Crippen LogP contribution in [0.1, 0.15) is 48.9 Å². The van der Waals surface area contributed by atoms with Crippen molar-refractivity contribution in [3.05, 3.63) is 65.5 Å². The minimum absolute atomic E-state index is 0.225. The van der Waals surface area contributed by atoms with Gasteiger partial charge in [0.2, 0.25) is 5.91 Å². The third kappa shape index (κ3) is 5.64. The molecule has 1 saturated heterocycles. The van der Waals surface area contributed by atoms with Gasteiger partial charge in [0.05, 0.1) is 12.2 Å². The van der Waals surface area contributed by atoms with Crippen molar-refractivity contribution in [2.45, 2.75) is 58.2 Å². The monoisotopic (exact) mass is 365 g/mol. The zero-order chi connectivity index (χ0) is 19.1. The number of likely N-dealkylation sites (tertiary alicyclic amines) is 1. The average molecular weight is 366 g/mol. The number of aryl methyl sites for hydroxylation is 1. The number of carbonyl (C=O) groups is 1. The molecule has 1 fully saturated rings. The molecule has 1 aromatic carbocycles. The molecule has 0 aliphatic carbocycles. The minimum Gasteiger partial charge on any atom is -0.332 e. The predicted molar refractivity (Wildman–Crippen MR) is 109 cm³/mol. The lowest BCUT2D eigenvalue weighted by Crippen LogP contribution is -2.38. The van der Waals surface area contributed by atoms with E-state index in [1.54, 1.807) is 0 Å². The Hall–Kier alpha value is -2.20. The first-order valence-electron chi connectivity index (χ1n) is 10.1. The topological polar surface area (TPSA) is 36.4 Å². The van der Waals surface area contributed by atoms with Gasteiger partial charge in [-0.25, -0.2) is 0 Å². The number of nitrogens with zero attached hydrogens (tertiary/aromatic N) is 3. The van der Waals surface area contributed by atoms with E-state index in [1.807, 2.05) is 35.4 Å². The second kappa shape index (κ2) is 9.65. The molecule has 1 aromatic heterocycles. The van der Waals surface area contributed by atoms with Gasteiger partial charge in [0.15, 0.2) is 0 Å². The molecule has 27 heavy (non-hydrogen) atoms. The first-order valence-corrected chi connectivity index (χ1v) is 10.1. The number of piperidine rings is 1. The summed E-state index contributed by atoms with van der Waals surface area (Å²) in [4.78, 5) is 22.0. The number of hydrogen-bond donors (Lipinski definition) is 0. The number of amides is 1. The molecule has 0 radical (unpaired) electrons. The normalized spacial score (nSPS) is 17.6. The van der Waals surface area contributed by atoms with Gasteiger partial charge in [-0.15, -0.1) is 0 Å². The van der Waals surface area contributed by atoms with E-state index in [1.165, 1.54) is 19.3 Å². The highest BCUT2D eigenvalue weighted by atomic mass is 16.2. The summed E-state index contributed by atoms with van der Waals surface area (Å²) >= 11 is 0. The minimum atomic E-state index is 0.225. The van der Waals surface area contributed by atoms with Crippen molar-refractivity contribution in [3.63, 3.8) is 0 Å². The Bertz CT molecular complexity index is 731. The molecule has 144 valence electrons. The Labute approximate surface area is 163 Å². The van der Waals surface area contributed by atoms with Gasteiger partial charge in [-0.05, 0) is 57.0 Å². The second-order valence-corrected chi connectivity index (χ2v) is 7.67. The van der Waals surface area contributed by atoms with Crippen LogP contribution >= 0.6 is 0 Å². The standard InChI is InChI=1S/C23H31N3O/c1-19-9-8-15-24-22(19)18-26(17-20-10-4-3-5-11-20)23(27)14-13-21-12-6-7-16-25(21)2/h3-5,8-11,15,21H,6-7,12-14,16-18H2,1-2H3/t21-/m0/s1. The Balaban J connectivity index is 1.68. The van der Waals surface area contributed by atoms with Crippen LogP contribution in [-0.2, 0) is 17.9 Å². The Morgan fingerprint density at radius 1 is 1.15 bits per heavy atom. The van der Waals surface area contributed by atoms with Crippen LogP contribution in [0.5, 0.6) is 0 Å². The molecule has 0 saturated carbocycles. The summed E-state index contributed by atoms with van der Waals surface area (Å²) in [6.45, 7) is 4.42. The van der Waals surface area contributed by atoms with Gasteiger partial charge in [0, 0.05) is 25.2 Å². The quantitative estimate of drug-likeness (QED) is 0.738. The van der Waals surface area contributed by atoms with Crippen LogP contribution < -0.4 is 0 Å². The maximum Gasteiger partial charge on any atom is 0.223 e. The van der Waals surface area contributed by atoms with Crippen LogP contribution in [0, 0.1) is 6.92 Å². The van der Waals surface area contributed by atoms with Crippen molar-refractivity contribution >= 4 is 5.91 Å². The number of benzene rings is 1. The van der Waals surface area contributed by atoms with Gasteiger partial charge in [-0.1, -0.05) is 42.8 Å². The van der Waals surface area contributed by atoms with Crippen LogP contribution in [0.15, 0.2) is 48.7 Å². The maximum atomic E-state index is 13.1. The lowest BCUT2D eigenvalue weighted by molar-refractivity contribution is -0.133. The zero-order valence-corrected chi connectivity index (χ0v) is 16.6. The number of rotatable bonds is 7. The van der Waals surface area contributed by atoms with Gasteiger partial charge in [0.25, 0.3) is 0 Å². The molecule has 2 heterocycles. The number of aromatic nitrogens is 1. The highest BCUT2D eigenvalue weighted by Crippen LogP contribution is 2.20. The predicted octanol–water partition coefficient (Wildman–Crippen LogP) is 4.18. The molecule has 0 unspecified atom stereocenters. The fourth-order valence-corrected chi connectivity index (χ4v) is 3.86. The van der Waals surface area contributed by atoms with E-state index < -0.39 is 0 Å². The summed E-state index contributed by atoms with van der Waals surface area (Å²) in [6.07, 6.45) is 7.13. The molecule has 1 atom stereocenters. The van der Waals surface area contributed by atoms with Crippen LogP contribution in [0.4, 0.5) is 0 Å².